The van der Waals surface area contributed by atoms with Crippen molar-refractivity contribution in [3.63, 3.8) is 0 Å². The van der Waals surface area contributed by atoms with Gasteiger partial charge in [0.1, 0.15) is 0 Å². The highest BCUT2D eigenvalue weighted by Gasteiger charge is 2.32. The molecule has 3 rings (SSSR count). The van der Waals surface area contributed by atoms with Gasteiger partial charge in [0.25, 0.3) is 0 Å². The minimum Gasteiger partial charge on any atom is -0.388 e. The Morgan fingerprint density at radius 3 is 2.71 bits per heavy atom. The second-order valence-corrected chi connectivity index (χ2v) is 6.80. The van der Waals surface area contributed by atoms with E-state index in [4.69, 9.17) is 0 Å². The summed E-state index contributed by atoms with van der Waals surface area (Å²) < 4.78 is 0. The van der Waals surface area contributed by atoms with Crippen LogP contribution in [-0.2, 0) is 9.59 Å². The molecule has 2 amide bonds. The fourth-order valence-electron chi connectivity index (χ4n) is 3.63. The van der Waals surface area contributed by atoms with Crippen LogP contribution >= 0.6 is 0 Å². The Morgan fingerprint density at radius 2 is 2.00 bits per heavy atom. The van der Waals surface area contributed by atoms with Crippen LogP contribution in [0.2, 0.25) is 0 Å². The van der Waals surface area contributed by atoms with Gasteiger partial charge < -0.3 is 15.3 Å². The summed E-state index contributed by atoms with van der Waals surface area (Å²) in [6, 6.07) is 7.50. The van der Waals surface area contributed by atoms with Crippen molar-refractivity contribution in [2.45, 2.75) is 50.7 Å². The predicted octanol–water partition coefficient (Wildman–Crippen LogP) is 2.37. The number of rotatable bonds is 4. The van der Waals surface area contributed by atoms with Crippen LogP contribution in [0.1, 0.15) is 56.2 Å². The first-order valence-corrected chi connectivity index (χ1v) is 8.54. The van der Waals surface area contributed by atoms with Gasteiger partial charge in [-0.25, -0.2) is 0 Å². The number of aliphatic hydroxyl groups is 1. The standard InChI is InChI=1S/C19H24N2O3/c1-14(22)21-11-8-15-6-2-3-7-16(15)17(21)12-18(23)20-13-19(24)9-4-5-10-19/h2-3,6-8,11,17,24H,4-5,9-10,12-13H2,1H3,(H,20,23). The van der Waals surface area contributed by atoms with Gasteiger partial charge in [-0.2, -0.15) is 0 Å². The van der Waals surface area contributed by atoms with Crippen molar-refractivity contribution >= 4 is 17.9 Å². The third-order valence-electron chi connectivity index (χ3n) is 5.00. The zero-order chi connectivity index (χ0) is 17.2. The Kier molecular flexibility index (Phi) is 4.71. The maximum absolute atomic E-state index is 12.4. The van der Waals surface area contributed by atoms with Crippen LogP contribution in [0.15, 0.2) is 30.5 Å². The Morgan fingerprint density at radius 1 is 1.29 bits per heavy atom. The summed E-state index contributed by atoms with van der Waals surface area (Å²) in [5, 5.41) is 13.2. The smallest absolute Gasteiger partial charge is 0.223 e. The topological polar surface area (TPSA) is 69.6 Å². The quantitative estimate of drug-likeness (QED) is 0.891. The molecule has 1 aromatic carbocycles. The van der Waals surface area contributed by atoms with Gasteiger partial charge in [-0.05, 0) is 30.0 Å². The average Bonchev–Trinajstić information content (AvgIpc) is 3.00. The van der Waals surface area contributed by atoms with Gasteiger partial charge in [-0.3, -0.25) is 9.59 Å². The highest BCUT2D eigenvalue weighted by Crippen LogP contribution is 2.33. The SMILES string of the molecule is CC(=O)N1C=Cc2ccccc2C1CC(=O)NCC1(O)CCCC1. The molecule has 24 heavy (non-hydrogen) atoms. The molecule has 0 bridgehead atoms. The van der Waals surface area contributed by atoms with E-state index < -0.39 is 5.60 Å². The van der Waals surface area contributed by atoms with Crippen molar-refractivity contribution in [1.82, 2.24) is 10.2 Å². The number of fused-ring (bicyclic) bond motifs is 1. The van der Waals surface area contributed by atoms with Crippen LogP contribution < -0.4 is 5.32 Å². The third kappa shape index (κ3) is 3.51. The van der Waals surface area contributed by atoms with Crippen LogP contribution in [0.25, 0.3) is 6.08 Å². The molecule has 0 aromatic heterocycles. The lowest BCUT2D eigenvalue weighted by Gasteiger charge is -2.32. The van der Waals surface area contributed by atoms with Crippen molar-refractivity contribution < 1.29 is 14.7 Å². The van der Waals surface area contributed by atoms with Gasteiger partial charge in [0.2, 0.25) is 11.8 Å². The van der Waals surface area contributed by atoms with Gasteiger partial charge in [0, 0.05) is 19.7 Å². The number of carbonyl (C=O) groups is 2. The van der Waals surface area contributed by atoms with E-state index in [0.717, 1.165) is 36.8 Å². The van der Waals surface area contributed by atoms with Crippen LogP contribution in [0.5, 0.6) is 0 Å². The zero-order valence-corrected chi connectivity index (χ0v) is 14.0. The molecule has 128 valence electrons. The van der Waals surface area contributed by atoms with Crippen LogP contribution in [0.3, 0.4) is 0 Å². The van der Waals surface area contributed by atoms with Crippen molar-refractivity contribution in [3.8, 4) is 0 Å². The predicted molar refractivity (Wildman–Crippen MR) is 91.8 cm³/mol. The van der Waals surface area contributed by atoms with E-state index in [1.165, 1.54) is 6.92 Å². The van der Waals surface area contributed by atoms with Gasteiger partial charge in [0.15, 0.2) is 0 Å². The summed E-state index contributed by atoms with van der Waals surface area (Å²) in [6.45, 7) is 1.79. The lowest BCUT2D eigenvalue weighted by atomic mass is 9.93. The van der Waals surface area contributed by atoms with Crippen LogP contribution in [-0.4, -0.2) is 34.0 Å². The molecule has 5 nitrogen and oxygen atoms in total. The monoisotopic (exact) mass is 328 g/mol. The lowest BCUT2D eigenvalue weighted by Crippen LogP contribution is -2.42. The number of hydrogen-bond donors (Lipinski definition) is 2. The maximum atomic E-state index is 12.4. The van der Waals surface area contributed by atoms with Crippen LogP contribution in [0.4, 0.5) is 0 Å². The molecule has 2 aliphatic rings. The minimum atomic E-state index is -0.764. The second-order valence-electron chi connectivity index (χ2n) is 6.80. The van der Waals surface area contributed by atoms with Crippen molar-refractivity contribution in [1.29, 1.82) is 0 Å². The first kappa shape index (κ1) is 16.7. The second kappa shape index (κ2) is 6.77. The summed E-state index contributed by atoms with van der Waals surface area (Å²) in [6.07, 6.45) is 7.32. The van der Waals surface area contributed by atoms with Crippen molar-refractivity contribution in [2.24, 2.45) is 0 Å². The molecule has 1 aliphatic heterocycles. The Bertz CT molecular complexity index is 662. The molecule has 1 saturated carbocycles. The molecule has 1 aliphatic carbocycles. The number of nitrogens with zero attached hydrogens (tertiary/aromatic N) is 1. The van der Waals surface area contributed by atoms with E-state index >= 15 is 0 Å². The number of carbonyl (C=O) groups excluding carboxylic acids is 2. The van der Waals surface area contributed by atoms with Gasteiger partial charge in [-0.1, -0.05) is 37.1 Å². The Labute approximate surface area is 142 Å². The Balaban J connectivity index is 1.70. The maximum Gasteiger partial charge on any atom is 0.223 e. The summed E-state index contributed by atoms with van der Waals surface area (Å²) in [5.74, 6) is -0.232. The van der Waals surface area contributed by atoms with E-state index in [2.05, 4.69) is 5.32 Å². The molecule has 1 heterocycles. The third-order valence-corrected chi connectivity index (χ3v) is 5.00. The zero-order valence-electron chi connectivity index (χ0n) is 14.0. The van der Waals surface area contributed by atoms with E-state index in [1.54, 1.807) is 11.1 Å². The Hall–Kier alpha value is -2.14. The van der Waals surface area contributed by atoms with Gasteiger partial charge >= 0.3 is 0 Å². The fourth-order valence-corrected chi connectivity index (χ4v) is 3.63. The molecule has 2 N–H and O–H groups in total. The molecular weight excluding hydrogens is 304 g/mol. The molecule has 5 heteroatoms. The number of amides is 2. The first-order valence-electron chi connectivity index (χ1n) is 8.54. The molecule has 0 radical (unpaired) electrons. The molecule has 0 spiro atoms. The highest BCUT2D eigenvalue weighted by molar-refractivity contribution is 5.81. The number of benzene rings is 1. The molecule has 1 fully saturated rings. The normalized spacial score (nSPS) is 21.4. The largest absolute Gasteiger partial charge is 0.388 e. The number of hydrogen-bond acceptors (Lipinski definition) is 3. The molecule has 1 unspecified atom stereocenters. The molecular formula is C19H24N2O3. The van der Waals surface area contributed by atoms with E-state index in [-0.39, 0.29) is 30.8 Å². The lowest BCUT2D eigenvalue weighted by molar-refractivity contribution is -0.130. The molecule has 1 atom stereocenters. The summed E-state index contributed by atoms with van der Waals surface area (Å²) in [4.78, 5) is 25.9. The van der Waals surface area contributed by atoms with Crippen LogP contribution in [0, 0.1) is 0 Å². The summed E-state index contributed by atoms with van der Waals surface area (Å²) in [5.41, 5.74) is 1.24. The van der Waals surface area contributed by atoms with Gasteiger partial charge in [0.05, 0.1) is 18.1 Å². The highest BCUT2D eigenvalue weighted by atomic mass is 16.3. The van der Waals surface area contributed by atoms with Crippen molar-refractivity contribution in [2.75, 3.05) is 6.54 Å². The molecule has 0 saturated heterocycles. The van der Waals surface area contributed by atoms with Crippen molar-refractivity contribution in [3.05, 3.63) is 41.6 Å². The summed E-state index contributed by atoms with van der Waals surface area (Å²) >= 11 is 0. The molecule has 1 aromatic rings. The van der Waals surface area contributed by atoms with E-state index in [9.17, 15) is 14.7 Å². The van der Waals surface area contributed by atoms with Gasteiger partial charge in [-0.15, -0.1) is 0 Å². The van der Waals surface area contributed by atoms with E-state index in [0.29, 0.717) is 0 Å². The average molecular weight is 328 g/mol. The fraction of sp³-hybridized carbons (Fsp3) is 0.474. The van der Waals surface area contributed by atoms with E-state index in [1.807, 2.05) is 30.3 Å². The first-order chi connectivity index (χ1) is 11.5. The minimum absolute atomic E-state index is 0.0898. The summed E-state index contributed by atoms with van der Waals surface area (Å²) in [7, 11) is 0. The number of nitrogens with one attached hydrogen (secondary N) is 1.